The summed E-state index contributed by atoms with van der Waals surface area (Å²) in [6, 6.07) is 21.8. The Hall–Kier alpha value is -2.91. The van der Waals surface area contributed by atoms with Gasteiger partial charge in [-0.2, -0.15) is 0 Å². The van der Waals surface area contributed by atoms with Crippen molar-refractivity contribution in [1.29, 1.82) is 0 Å². The van der Waals surface area contributed by atoms with Crippen LogP contribution in [0, 0.1) is 5.92 Å². The van der Waals surface area contributed by atoms with E-state index < -0.39 is 0 Å². The molecule has 2 aromatic heterocycles. The number of fused-ring (bicyclic) bond motifs is 10. The molecule has 30 heavy (non-hydrogen) atoms. The highest BCUT2D eigenvalue weighted by atomic mass is 35.5. The Bertz CT molecular complexity index is 1500. The third kappa shape index (κ3) is 1.88. The summed E-state index contributed by atoms with van der Waals surface area (Å²) >= 11 is 6.93. The summed E-state index contributed by atoms with van der Waals surface area (Å²) in [7, 11) is 0. The molecular formula is C26H22ClN3. The standard InChI is InChI=1S/C26H22ClN3/c1-26(2)16-13-30-20-10-6-4-8-15(20)23(27)25(30)24(16)29-19-12-11-18-21(22(19)26)14-7-3-5-9-17(14)28-18/h3-12,16,24,28-29H,13H2,1-2H3/t16-,24-/m0/s1. The summed E-state index contributed by atoms with van der Waals surface area (Å²) in [6.07, 6.45) is 0. The maximum Gasteiger partial charge on any atom is 0.0734 e. The van der Waals surface area contributed by atoms with Gasteiger partial charge < -0.3 is 14.9 Å². The van der Waals surface area contributed by atoms with Crippen LogP contribution in [0.1, 0.15) is 31.1 Å². The summed E-state index contributed by atoms with van der Waals surface area (Å²) in [5, 5.41) is 8.62. The van der Waals surface area contributed by atoms with Gasteiger partial charge in [-0.05, 0) is 35.2 Å². The van der Waals surface area contributed by atoms with Gasteiger partial charge in [0.2, 0.25) is 0 Å². The molecule has 2 N–H and O–H groups in total. The highest BCUT2D eigenvalue weighted by molar-refractivity contribution is 6.36. The first-order valence-corrected chi connectivity index (χ1v) is 11.0. The Morgan fingerprint density at radius 1 is 0.933 bits per heavy atom. The lowest BCUT2D eigenvalue weighted by atomic mass is 9.66. The Morgan fingerprint density at radius 3 is 2.57 bits per heavy atom. The third-order valence-electron chi connectivity index (χ3n) is 7.58. The van der Waals surface area contributed by atoms with E-state index in [0.717, 1.165) is 17.0 Å². The monoisotopic (exact) mass is 411 g/mol. The molecule has 148 valence electrons. The van der Waals surface area contributed by atoms with E-state index in [-0.39, 0.29) is 11.5 Å². The first kappa shape index (κ1) is 16.8. The molecule has 0 radical (unpaired) electrons. The number of nitrogens with one attached hydrogen (secondary N) is 2. The fourth-order valence-corrected chi connectivity index (χ4v) is 6.55. The van der Waals surface area contributed by atoms with Gasteiger partial charge in [0.15, 0.2) is 0 Å². The summed E-state index contributed by atoms with van der Waals surface area (Å²) in [4.78, 5) is 3.62. The largest absolute Gasteiger partial charge is 0.376 e. The van der Waals surface area contributed by atoms with Crippen LogP contribution in [-0.2, 0) is 12.0 Å². The Labute approximate surface area is 179 Å². The molecule has 2 aliphatic rings. The normalized spacial score (nSPS) is 21.6. The van der Waals surface area contributed by atoms with Crippen LogP contribution in [0.4, 0.5) is 5.69 Å². The minimum Gasteiger partial charge on any atom is -0.376 e. The maximum atomic E-state index is 6.93. The highest BCUT2D eigenvalue weighted by Gasteiger charge is 2.49. The second-order valence-electron chi connectivity index (χ2n) is 9.36. The molecule has 5 aromatic rings. The zero-order chi connectivity index (χ0) is 20.2. The van der Waals surface area contributed by atoms with E-state index in [1.165, 1.54) is 44.3 Å². The Kier molecular flexibility index (Phi) is 3.04. The van der Waals surface area contributed by atoms with Crippen molar-refractivity contribution in [2.45, 2.75) is 31.8 Å². The molecule has 3 aromatic carbocycles. The summed E-state index contributed by atoms with van der Waals surface area (Å²) in [6.45, 7) is 5.80. The Morgan fingerprint density at radius 2 is 1.70 bits per heavy atom. The number of para-hydroxylation sites is 2. The minimum absolute atomic E-state index is 0.000816. The number of nitrogens with zero attached hydrogens (tertiary/aromatic N) is 1. The van der Waals surface area contributed by atoms with Crippen molar-refractivity contribution >= 4 is 50.0 Å². The van der Waals surface area contributed by atoms with Gasteiger partial charge in [0.25, 0.3) is 0 Å². The molecule has 0 aliphatic carbocycles. The second-order valence-corrected chi connectivity index (χ2v) is 9.74. The summed E-state index contributed by atoms with van der Waals surface area (Å²) in [5.74, 6) is 0.432. The molecule has 2 aliphatic heterocycles. The van der Waals surface area contributed by atoms with Crippen molar-refractivity contribution in [3.63, 3.8) is 0 Å². The van der Waals surface area contributed by atoms with Crippen LogP contribution in [0.25, 0.3) is 32.7 Å². The summed E-state index contributed by atoms with van der Waals surface area (Å²) in [5.41, 5.74) is 7.54. The van der Waals surface area contributed by atoms with E-state index in [1.54, 1.807) is 0 Å². The van der Waals surface area contributed by atoms with Crippen molar-refractivity contribution in [2.75, 3.05) is 5.32 Å². The lowest BCUT2D eigenvalue weighted by Gasteiger charge is -2.43. The van der Waals surface area contributed by atoms with E-state index in [4.69, 9.17) is 11.6 Å². The second kappa shape index (κ2) is 5.41. The van der Waals surface area contributed by atoms with Gasteiger partial charge in [-0.25, -0.2) is 0 Å². The minimum atomic E-state index is -0.000816. The average molecular weight is 412 g/mol. The molecule has 2 atom stereocenters. The molecule has 0 amide bonds. The van der Waals surface area contributed by atoms with Crippen LogP contribution in [0.5, 0.6) is 0 Å². The fraction of sp³-hybridized carbons (Fsp3) is 0.231. The third-order valence-corrected chi connectivity index (χ3v) is 7.97. The predicted molar refractivity (Wildman–Crippen MR) is 126 cm³/mol. The van der Waals surface area contributed by atoms with Gasteiger partial charge in [-0.15, -0.1) is 0 Å². The zero-order valence-corrected chi connectivity index (χ0v) is 17.7. The van der Waals surface area contributed by atoms with E-state index in [1.807, 2.05) is 0 Å². The van der Waals surface area contributed by atoms with Crippen molar-refractivity contribution < 1.29 is 0 Å². The number of aromatic nitrogens is 2. The molecule has 3 nitrogen and oxygen atoms in total. The van der Waals surface area contributed by atoms with Gasteiger partial charge in [-0.1, -0.05) is 61.8 Å². The summed E-state index contributed by atoms with van der Waals surface area (Å²) < 4.78 is 2.44. The maximum absolute atomic E-state index is 6.93. The SMILES string of the molecule is CC1(C)c2c(ccc3[nH]c4ccccc4c23)N[C@@H]2c3c(Cl)c4ccccc4n3C[C@@H]21. The number of rotatable bonds is 0. The number of hydrogen-bond acceptors (Lipinski definition) is 1. The molecule has 4 heterocycles. The highest BCUT2D eigenvalue weighted by Crippen LogP contribution is 2.57. The molecular weight excluding hydrogens is 390 g/mol. The van der Waals surface area contributed by atoms with Gasteiger partial charge >= 0.3 is 0 Å². The number of hydrogen-bond donors (Lipinski definition) is 2. The lowest BCUT2D eigenvalue weighted by Crippen LogP contribution is -2.39. The van der Waals surface area contributed by atoms with E-state index in [9.17, 15) is 0 Å². The number of benzene rings is 3. The van der Waals surface area contributed by atoms with Crippen molar-refractivity contribution in [2.24, 2.45) is 5.92 Å². The van der Waals surface area contributed by atoms with Crippen LogP contribution < -0.4 is 5.32 Å². The van der Waals surface area contributed by atoms with Crippen molar-refractivity contribution in [1.82, 2.24) is 9.55 Å². The molecule has 0 saturated heterocycles. The zero-order valence-electron chi connectivity index (χ0n) is 17.0. The van der Waals surface area contributed by atoms with Gasteiger partial charge in [-0.3, -0.25) is 0 Å². The average Bonchev–Trinajstić information content (AvgIpc) is 3.39. The molecule has 0 saturated carbocycles. The van der Waals surface area contributed by atoms with Crippen LogP contribution in [-0.4, -0.2) is 9.55 Å². The fourth-order valence-electron chi connectivity index (χ4n) is 6.17. The number of H-pyrrole nitrogens is 1. The van der Waals surface area contributed by atoms with Gasteiger partial charge in [0.1, 0.15) is 0 Å². The topological polar surface area (TPSA) is 32.8 Å². The molecule has 7 rings (SSSR count). The van der Waals surface area contributed by atoms with Gasteiger partial charge in [0, 0.05) is 50.9 Å². The van der Waals surface area contributed by atoms with Crippen LogP contribution >= 0.6 is 11.6 Å². The van der Waals surface area contributed by atoms with E-state index in [2.05, 4.69) is 89.4 Å². The molecule has 0 spiro atoms. The van der Waals surface area contributed by atoms with Crippen LogP contribution in [0.15, 0.2) is 60.7 Å². The lowest BCUT2D eigenvalue weighted by molar-refractivity contribution is 0.276. The van der Waals surface area contributed by atoms with E-state index in [0.29, 0.717) is 5.92 Å². The molecule has 0 fully saturated rings. The number of aromatic amines is 1. The smallest absolute Gasteiger partial charge is 0.0734 e. The first-order valence-electron chi connectivity index (χ1n) is 10.6. The molecule has 0 unspecified atom stereocenters. The van der Waals surface area contributed by atoms with E-state index >= 15 is 0 Å². The quantitative estimate of drug-likeness (QED) is 0.282. The predicted octanol–water partition coefficient (Wildman–Crippen LogP) is 7.00. The molecule has 4 heteroatoms. The number of anilines is 1. The van der Waals surface area contributed by atoms with Crippen molar-refractivity contribution in [3.8, 4) is 0 Å². The van der Waals surface area contributed by atoms with Crippen LogP contribution in [0.3, 0.4) is 0 Å². The van der Waals surface area contributed by atoms with Crippen molar-refractivity contribution in [3.05, 3.63) is 76.9 Å². The number of halogens is 1. The van der Waals surface area contributed by atoms with Crippen LogP contribution in [0.2, 0.25) is 5.02 Å². The Balaban J connectivity index is 1.51. The first-order chi connectivity index (χ1) is 14.6. The molecule has 0 bridgehead atoms. The van der Waals surface area contributed by atoms with Gasteiger partial charge in [0.05, 0.1) is 16.8 Å².